The summed E-state index contributed by atoms with van der Waals surface area (Å²) in [6, 6.07) is 0. The molecule has 0 spiro atoms. The number of phosphoric ester groups is 1. The number of allylic oxidation sites excluding steroid dienone is 4. The maximum Gasteiger partial charge on any atom is 0.472 e. The van der Waals surface area contributed by atoms with Crippen LogP contribution in [0.4, 0.5) is 0 Å². The topological polar surface area (TPSA) is 380 Å². The molecule has 0 aromatic rings. The number of ether oxygens (including phenoxy) is 8. The van der Waals surface area contributed by atoms with Crippen molar-refractivity contribution in [3.8, 4) is 0 Å². The van der Waals surface area contributed by atoms with Crippen molar-refractivity contribution in [1.82, 2.24) is 0 Å². The molecule has 3 aliphatic rings. The van der Waals surface area contributed by atoms with Gasteiger partial charge in [-0.05, 0) is 83.0 Å². The monoisotopic (exact) mass is 1750 g/mol. The molecule has 121 heavy (non-hydrogen) atoms. The van der Waals surface area contributed by atoms with Gasteiger partial charge in [-0.15, -0.1) is 0 Å². The Bertz CT molecular complexity index is 2620. The number of unbranched alkanes of at least 4 members (excludes halogenated alkanes) is 47. The summed E-state index contributed by atoms with van der Waals surface area (Å²) in [6.07, 6.45) is 32.9. The molecule has 26 heteroatoms. The van der Waals surface area contributed by atoms with Crippen molar-refractivity contribution in [2.75, 3.05) is 26.4 Å². The van der Waals surface area contributed by atoms with Crippen LogP contribution in [0.1, 0.15) is 420 Å². The molecule has 2 saturated heterocycles. The first-order valence-electron chi connectivity index (χ1n) is 49.0. The van der Waals surface area contributed by atoms with Crippen LogP contribution in [0.15, 0.2) is 24.3 Å². The summed E-state index contributed by atoms with van der Waals surface area (Å²) in [5.74, 6) is -2.34. The number of aliphatic hydroxyl groups excluding tert-OH is 9. The molecule has 10 N–H and O–H groups in total. The summed E-state index contributed by atoms with van der Waals surface area (Å²) in [5.41, 5.74) is 0. The number of carbonyl (C=O) groups is 4. The van der Waals surface area contributed by atoms with E-state index in [0.717, 1.165) is 167 Å². The van der Waals surface area contributed by atoms with E-state index in [4.69, 9.17) is 46.9 Å². The van der Waals surface area contributed by atoms with Crippen LogP contribution in [-0.2, 0) is 70.7 Å². The maximum absolute atomic E-state index is 14.9. The Balaban J connectivity index is 1.91. The third-order valence-corrected chi connectivity index (χ3v) is 25.1. The average molecular weight is 1750 g/mol. The van der Waals surface area contributed by atoms with Crippen LogP contribution in [0.2, 0.25) is 0 Å². The van der Waals surface area contributed by atoms with Crippen molar-refractivity contribution in [2.24, 2.45) is 5.92 Å². The van der Waals surface area contributed by atoms with Crippen molar-refractivity contribution >= 4 is 31.7 Å². The fourth-order valence-corrected chi connectivity index (χ4v) is 17.2. The Kier molecular flexibility index (Phi) is 67.5. The minimum atomic E-state index is -5.81. The first-order valence-corrected chi connectivity index (χ1v) is 50.5. The number of hydrogen-bond donors (Lipinski definition) is 10. The first kappa shape index (κ1) is 112. The lowest BCUT2D eigenvalue weighted by molar-refractivity contribution is -0.360. The molecular weight excluding hydrogens is 1570 g/mol. The average Bonchev–Trinajstić information content (AvgIpc) is 0.755. The minimum absolute atomic E-state index is 0.00938. The van der Waals surface area contributed by atoms with E-state index in [1.54, 1.807) is 0 Å². The summed E-state index contributed by atoms with van der Waals surface area (Å²) in [6.45, 7) is 7.90. The van der Waals surface area contributed by atoms with E-state index in [9.17, 15) is 74.6 Å². The summed E-state index contributed by atoms with van der Waals surface area (Å²) >= 11 is 0. The standard InChI is InChI=1S/C95H175O25P/c1-6-10-14-18-22-25-28-31-34-37-40-43-46-49-56-62-68-80(99)114-75(71-111-78(97)66-60-54-47-44-41-38-35-32-29-26-23-19-15-11-7-2)72-113-121(109,110)120-93-91(118-94-88(107)84(103)82(101)76(70-96)115-94)87(106)86(105)90(117-81(100)69-63-57-51-50-53-59-65-74(5)64-58-52-21-17-13-9-4)92(93)119-95-89(108)85(104)83(102)77(116-95)73-112-79(98)67-61-55-48-45-42-39-36-33-30-27-24-20-16-12-8-3/h26-27,29-30,74-77,82-96,101-108H,6-25,28,31-73H2,1-5H3,(H,109,110)/b29-26-,30-27-. The predicted octanol–water partition coefficient (Wildman–Crippen LogP) is 18.7. The first-order chi connectivity index (χ1) is 58.6. The second-order valence-corrected chi connectivity index (χ2v) is 36.6. The third kappa shape index (κ3) is 52.9. The largest absolute Gasteiger partial charge is 0.472 e. The highest BCUT2D eigenvalue weighted by atomic mass is 31.2. The normalized spacial score (nSPS) is 25.0. The fraction of sp³-hybridized carbons (Fsp3) is 0.916. The van der Waals surface area contributed by atoms with E-state index < -0.39 is 162 Å². The number of aliphatic hydroxyl groups is 9. The van der Waals surface area contributed by atoms with E-state index in [0.29, 0.717) is 38.0 Å². The molecule has 0 bridgehead atoms. The fourth-order valence-electron chi connectivity index (χ4n) is 16.2. The van der Waals surface area contributed by atoms with Gasteiger partial charge in [0.2, 0.25) is 0 Å². The molecule has 25 nitrogen and oxygen atoms in total. The van der Waals surface area contributed by atoms with Gasteiger partial charge in [-0.25, -0.2) is 4.57 Å². The van der Waals surface area contributed by atoms with Gasteiger partial charge in [0.15, 0.2) is 24.8 Å². The third-order valence-electron chi connectivity index (χ3n) is 24.1. The van der Waals surface area contributed by atoms with Crippen LogP contribution < -0.4 is 0 Å². The van der Waals surface area contributed by atoms with Gasteiger partial charge in [-0.1, -0.05) is 341 Å². The SMILES string of the molecule is CCCCCC/C=C\CCCCCCCCCC(=O)OCC(COP(=O)(O)OC1C(OC2OC(CO)C(O)C(O)C2O)C(O)C(O)C(OC(=O)CCCCCCCCC(C)CCCCCCCC)C1OC1OC(COC(=O)CCCCCCCCC/C=C\CCCCCC)C(O)C(O)C1O)OC(=O)CCCCCCCCCCCCCCCCCC. The van der Waals surface area contributed by atoms with Crippen molar-refractivity contribution in [1.29, 1.82) is 0 Å². The Morgan fingerprint density at radius 3 is 1.07 bits per heavy atom. The van der Waals surface area contributed by atoms with Gasteiger partial charge < -0.3 is 88.7 Å². The summed E-state index contributed by atoms with van der Waals surface area (Å²) in [5, 5.41) is 103. The van der Waals surface area contributed by atoms with Gasteiger partial charge in [-0.2, -0.15) is 0 Å². The Hall–Kier alpha value is -3.05. The van der Waals surface area contributed by atoms with E-state index in [2.05, 4.69) is 58.9 Å². The van der Waals surface area contributed by atoms with Crippen LogP contribution in [0.5, 0.6) is 0 Å². The van der Waals surface area contributed by atoms with Crippen LogP contribution in [-0.4, -0.2) is 205 Å². The van der Waals surface area contributed by atoms with Crippen molar-refractivity contribution < 1.29 is 122 Å². The summed E-state index contributed by atoms with van der Waals surface area (Å²) in [4.78, 5) is 66.6. The highest BCUT2D eigenvalue weighted by Gasteiger charge is 2.60. The lowest BCUT2D eigenvalue weighted by atomic mass is 9.84. The zero-order chi connectivity index (χ0) is 88.4. The molecule has 3 fully saturated rings. The number of esters is 4. The Morgan fingerprint density at radius 2 is 0.669 bits per heavy atom. The lowest BCUT2D eigenvalue weighted by Gasteiger charge is -2.50. The molecule has 1 saturated carbocycles. The Labute approximate surface area is 730 Å². The lowest BCUT2D eigenvalue weighted by Crippen LogP contribution is -2.70. The highest BCUT2D eigenvalue weighted by molar-refractivity contribution is 7.47. The van der Waals surface area contributed by atoms with E-state index in [-0.39, 0.29) is 25.7 Å². The number of rotatable bonds is 79. The van der Waals surface area contributed by atoms with Gasteiger partial charge in [0.1, 0.15) is 92.6 Å². The van der Waals surface area contributed by atoms with E-state index in [1.807, 2.05) is 0 Å². The van der Waals surface area contributed by atoms with Gasteiger partial charge in [-0.3, -0.25) is 28.2 Å². The van der Waals surface area contributed by atoms with Crippen molar-refractivity contribution in [3.05, 3.63) is 24.3 Å². The molecule has 19 atom stereocenters. The molecule has 3 rings (SSSR count). The van der Waals surface area contributed by atoms with Crippen LogP contribution in [0, 0.1) is 5.92 Å². The van der Waals surface area contributed by atoms with Crippen LogP contribution in [0.25, 0.3) is 0 Å². The quantitative estimate of drug-likeness (QED) is 0.00889. The number of hydrogen-bond acceptors (Lipinski definition) is 24. The zero-order valence-corrected chi connectivity index (χ0v) is 76.9. The summed E-state index contributed by atoms with van der Waals surface area (Å²) in [7, 11) is -5.81. The number of carbonyl (C=O) groups excluding carboxylic acids is 4. The smallest absolute Gasteiger partial charge is 0.463 e. The van der Waals surface area contributed by atoms with Crippen LogP contribution in [0.3, 0.4) is 0 Å². The molecule has 710 valence electrons. The molecule has 2 heterocycles. The molecule has 0 aromatic carbocycles. The van der Waals surface area contributed by atoms with Gasteiger partial charge in [0, 0.05) is 25.7 Å². The van der Waals surface area contributed by atoms with Crippen LogP contribution >= 0.6 is 7.82 Å². The molecule has 19 unspecified atom stereocenters. The molecule has 0 radical (unpaired) electrons. The Morgan fingerprint density at radius 1 is 0.347 bits per heavy atom. The molecular formula is C95H175O25P. The van der Waals surface area contributed by atoms with Gasteiger partial charge >= 0.3 is 31.7 Å². The zero-order valence-electron chi connectivity index (χ0n) is 76.0. The molecule has 0 amide bonds. The summed E-state index contributed by atoms with van der Waals surface area (Å²) < 4.78 is 73.6. The second kappa shape index (κ2) is 72.8. The van der Waals surface area contributed by atoms with E-state index >= 15 is 0 Å². The molecule has 0 aromatic heterocycles. The van der Waals surface area contributed by atoms with E-state index in [1.165, 1.54) is 161 Å². The van der Waals surface area contributed by atoms with Gasteiger partial charge in [0.05, 0.1) is 13.2 Å². The number of phosphoric acid groups is 1. The van der Waals surface area contributed by atoms with Crippen molar-refractivity contribution in [3.63, 3.8) is 0 Å². The van der Waals surface area contributed by atoms with Crippen molar-refractivity contribution in [2.45, 2.75) is 524 Å². The molecule has 1 aliphatic carbocycles. The minimum Gasteiger partial charge on any atom is -0.463 e. The maximum atomic E-state index is 14.9. The second-order valence-electron chi connectivity index (χ2n) is 35.2. The molecule has 2 aliphatic heterocycles. The predicted molar refractivity (Wildman–Crippen MR) is 472 cm³/mol. The highest BCUT2D eigenvalue weighted by Crippen LogP contribution is 2.49. The van der Waals surface area contributed by atoms with Gasteiger partial charge in [0.25, 0.3) is 0 Å².